The summed E-state index contributed by atoms with van der Waals surface area (Å²) in [6.07, 6.45) is 0.681. The van der Waals surface area contributed by atoms with Crippen molar-refractivity contribution in [3.63, 3.8) is 0 Å². The first-order valence-electron chi connectivity index (χ1n) is 11.4. The Balaban J connectivity index is 1.56. The van der Waals surface area contributed by atoms with Crippen LogP contribution in [0.5, 0.6) is 11.5 Å². The zero-order valence-electron chi connectivity index (χ0n) is 19.9. The molecule has 4 rings (SSSR count). The Labute approximate surface area is 199 Å². The first-order chi connectivity index (χ1) is 16.4. The highest BCUT2D eigenvalue weighted by atomic mass is 19.1. The molecule has 0 saturated heterocycles. The van der Waals surface area contributed by atoms with Crippen LogP contribution in [-0.2, 0) is 4.74 Å². The SMILES string of the molecule is COC(=O)c1ccc(C)c(C2C[C@H](CN[C@H](C)c3ccc(F)c(OC)c3)Oc3ccccc32)c1. The summed E-state index contributed by atoms with van der Waals surface area (Å²) in [5.74, 6) is 0.448. The third-order valence-electron chi connectivity index (χ3n) is 6.49. The molecule has 1 heterocycles. The minimum absolute atomic E-state index is 0.0156. The lowest BCUT2D eigenvalue weighted by atomic mass is 9.81. The average molecular weight is 464 g/mol. The van der Waals surface area contributed by atoms with Crippen LogP contribution >= 0.6 is 0 Å². The highest BCUT2D eigenvalue weighted by Gasteiger charge is 2.31. The van der Waals surface area contributed by atoms with E-state index < -0.39 is 0 Å². The van der Waals surface area contributed by atoms with Gasteiger partial charge in [0.1, 0.15) is 11.9 Å². The van der Waals surface area contributed by atoms with E-state index in [1.54, 1.807) is 18.2 Å². The molecular formula is C28H30FNO4. The molecule has 0 fully saturated rings. The molecule has 1 aliphatic rings. The molecule has 6 heteroatoms. The van der Waals surface area contributed by atoms with Crippen molar-refractivity contribution in [2.24, 2.45) is 0 Å². The summed E-state index contributed by atoms with van der Waals surface area (Å²) >= 11 is 0. The lowest BCUT2D eigenvalue weighted by Gasteiger charge is -2.34. The summed E-state index contributed by atoms with van der Waals surface area (Å²) in [7, 11) is 2.86. The standard InChI is InChI=1S/C28H30FNO4/c1-17-9-10-20(28(31)33-4)13-23(17)24-15-21(34-26-8-6-5-7-22(24)26)16-30-18(2)19-11-12-25(29)27(14-19)32-3/h5-14,18,21,24,30H,15-16H2,1-4H3/t18-,21-,24?/m1/s1. The van der Waals surface area contributed by atoms with E-state index in [1.165, 1.54) is 20.3 Å². The first-order valence-corrected chi connectivity index (χ1v) is 11.4. The maximum absolute atomic E-state index is 13.8. The Kier molecular flexibility index (Phi) is 7.17. The van der Waals surface area contributed by atoms with Crippen LogP contribution < -0.4 is 14.8 Å². The molecule has 0 radical (unpaired) electrons. The van der Waals surface area contributed by atoms with E-state index in [0.717, 1.165) is 34.4 Å². The zero-order valence-corrected chi connectivity index (χ0v) is 19.9. The van der Waals surface area contributed by atoms with Crippen LogP contribution in [0.25, 0.3) is 0 Å². The van der Waals surface area contributed by atoms with Gasteiger partial charge < -0.3 is 19.5 Å². The number of carbonyl (C=O) groups excluding carboxylic acids is 1. The van der Waals surface area contributed by atoms with Crippen LogP contribution in [0.4, 0.5) is 4.39 Å². The van der Waals surface area contributed by atoms with E-state index in [2.05, 4.69) is 18.3 Å². The average Bonchev–Trinajstić information content (AvgIpc) is 2.86. The second-order valence-corrected chi connectivity index (χ2v) is 8.65. The molecule has 0 aromatic heterocycles. The number of aryl methyl sites for hydroxylation is 1. The second kappa shape index (κ2) is 10.3. The molecule has 0 saturated carbocycles. The van der Waals surface area contributed by atoms with Crippen molar-refractivity contribution in [1.29, 1.82) is 0 Å². The number of halogens is 1. The first kappa shape index (κ1) is 23.8. The summed E-state index contributed by atoms with van der Waals surface area (Å²) < 4.78 is 30.2. The molecule has 178 valence electrons. The van der Waals surface area contributed by atoms with Crippen molar-refractivity contribution in [2.75, 3.05) is 20.8 Å². The Hall–Kier alpha value is -3.38. The molecule has 3 aromatic carbocycles. The lowest BCUT2D eigenvalue weighted by molar-refractivity contribution is 0.0600. The maximum Gasteiger partial charge on any atom is 0.337 e. The van der Waals surface area contributed by atoms with Crippen molar-refractivity contribution in [3.8, 4) is 11.5 Å². The van der Waals surface area contributed by atoms with Gasteiger partial charge in [-0.3, -0.25) is 0 Å². The van der Waals surface area contributed by atoms with Crippen molar-refractivity contribution in [1.82, 2.24) is 5.32 Å². The Morgan fingerprint density at radius 2 is 1.91 bits per heavy atom. The van der Waals surface area contributed by atoms with Gasteiger partial charge in [-0.1, -0.05) is 30.3 Å². The number of esters is 1. The van der Waals surface area contributed by atoms with Crippen LogP contribution in [0, 0.1) is 12.7 Å². The van der Waals surface area contributed by atoms with E-state index >= 15 is 0 Å². The van der Waals surface area contributed by atoms with Gasteiger partial charge in [0, 0.05) is 24.1 Å². The maximum atomic E-state index is 13.8. The topological polar surface area (TPSA) is 56.8 Å². The summed E-state index contributed by atoms with van der Waals surface area (Å²) in [6.45, 7) is 4.71. The molecule has 1 unspecified atom stereocenters. The number of benzene rings is 3. The molecule has 0 spiro atoms. The summed E-state index contributed by atoms with van der Waals surface area (Å²) in [5, 5.41) is 3.52. The fraction of sp³-hybridized carbons (Fsp3) is 0.321. The normalized spacial score (nSPS) is 17.9. The van der Waals surface area contributed by atoms with Crippen molar-refractivity contribution < 1.29 is 23.4 Å². The fourth-order valence-corrected chi connectivity index (χ4v) is 4.55. The molecule has 34 heavy (non-hydrogen) atoms. The van der Waals surface area contributed by atoms with E-state index in [0.29, 0.717) is 12.1 Å². The number of hydrogen-bond acceptors (Lipinski definition) is 5. The number of para-hydroxylation sites is 1. The van der Waals surface area contributed by atoms with Crippen LogP contribution in [0.15, 0.2) is 60.7 Å². The number of ether oxygens (including phenoxy) is 3. The highest BCUT2D eigenvalue weighted by molar-refractivity contribution is 5.89. The fourth-order valence-electron chi connectivity index (χ4n) is 4.55. The van der Waals surface area contributed by atoms with Crippen LogP contribution in [0.2, 0.25) is 0 Å². The van der Waals surface area contributed by atoms with E-state index in [4.69, 9.17) is 14.2 Å². The quantitative estimate of drug-likeness (QED) is 0.465. The Morgan fingerprint density at radius 3 is 2.68 bits per heavy atom. The van der Waals surface area contributed by atoms with E-state index in [1.807, 2.05) is 37.3 Å². The van der Waals surface area contributed by atoms with Crippen LogP contribution in [-0.4, -0.2) is 32.8 Å². The van der Waals surface area contributed by atoms with Gasteiger partial charge in [0.05, 0.1) is 19.8 Å². The molecule has 5 nitrogen and oxygen atoms in total. The lowest BCUT2D eigenvalue weighted by Crippen LogP contribution is -2.37. The van der Waals surface area contributed by atoms with E-state index in [-0.39, 0.29) is 35.6 Å². The molecule has 0 amide bonds. The van der Waals surface area contributed by atoms with Gasteiger partial charge in [0.25, 0.3) is 0 Å². The molecule has 0 bridgehead atoms. The summed E-state index contributed by atoms with van der Waals surface area (Å²) in [5.41, 5.74) is 4.81. The minimum Gasteiger partial charge on any atom is -0.494 e. The van der Waals surface area contributed by atoms with Crippen LogP contribution in [0.3, 0.4) is 0 Å². The van der Waals surface area contributed by atoms with Crippen molar-refractivity contribution in [2.45, 2.75) is 38.3 Å². The smallest absolute Gasteiger partial charge is 0.337 e. The van der Waals surface area contributed by atoms with Crippen molar-refractivity contribution >= 4 is 5.97 Å². The highest BCUT2D eigenvalue weighted by Crippen LogP contribution is 2.41. The molecule has 0 aliphatic carbocycles. The number of carbonyl (C=O) groups is 1. The van der Waals surface area contributed by atoms with Crippen LogP contribution in [0.1, 0.15) is 57.9 Å². The van der Waals surface area contributed by atoms with Gasteiger partial charge >= 0.3 is 5.97 Å². The van der Waals surface area contributed by atoms with Gasteiger partial charge in [0.2, 0.25) is 0 Å². The molecule has 3 atom stereocenters. The Morgan fingerprint density at radius 1 is 1.12 bits per heavy atom. The third kappa shape index (κ3) is 4.92. The monoisotopic (exact) mass is 463 g/mol. The second-order valence-electron chi connectivity index (χ2n) is 8.65. The molecule has 1 N–H and O–H groups in total. The molecular weight excluding hydrogens is 433 g/mol. The minimum atomic E-state index is -0.377. The molecule has 3 aromatic rings. The summed E-state index contributed by atoms with van der Waals surface area (Å²) in [6, 6.07) is 18.6. The van der Waals surface area contributed by atoms with Gasteiger partial charge in [-0.05, 0) is 67.3 Å². The van der Waals surface area contributed by atoms with Gasteiger partial charge in [-0.2, -0.15) is 0 Å². The van der Waals surface area contributed by atoms with Crippen molar-refractivity contribution in [3.05, 3.63) is 94.3 Å². The number of rotatable bonds is 7. The number of hydrogen-bond donors (Lipinski definition) is 1. The van der Waals surface area contributed by atoms with Gasteiger partial charge in [-0.25, -0.2) is 9.18 Å². The predicted molar refractivity (Wildman–Crippen MR) is 129 cm³/mol. The number of fused-ring (bicyclic) bond motifs is 1. The van der Waals surface area contributed by atoms with Gasteiger partial charge in [0.15, 0.2) is 11.6 Å². The molecule has 1 aliphatic heterocycles. The predicted octanol–water partition coefficient (Wildman–Crippen LogP) is 5.56. The Bertz CT molecular complexity index is 1180. The third-order valence-corrected chi connectivity index (χ3v) is 6.49. The van der Waals surface area contributed by atoms with Gasteiger partial charge in [-0.15, -0.1) is 0 Å². The van der Waals surface area contributed by atoms with E-state index in [9.17, 15) is 9.18 Å². The summed E-state index contributed by atoms with van der Waals surface area (Å²) in [4.78, 5) is 12.2. The number of methoxy groups -OCH3 is 2. The number of nitrogens with one attached hydrogen (secondary N) is 1. The zero-order chi connectivity index (χ0) is 24.2. The largest absolute Gasteiger partial charge is 0.494 e.